The third kappa shape index (κ3) is 1.99. The predicted molar refractivity (Wildman–Crippen MR) is 68.2 cm³/mol. The van der Waals surface area contributed by atoms with Gasteiger partial charge in [-0.25, -0.2) is 0 Å². The van der Waals surface area contributed by atoms with Gasteiger partial charge in [0, 0.05) is 12.0 Å². The van der Waals surface area contributed by atoms with E-state index in [0.29, 0.717) is 17.5 Å². The van der Waals surface area contributed by atoms with E-state index in [4.69, 9.17) is 10.2 Å². The van der Waals surface area contributed by atoms with Crippen molar-refractivity contribution in [2.45, 2.75) is 12.3 Å². The molecule has 2 N–H and O–H groups in total. The third-order valence-corrected chi connectivity index (χ3v) is 3.02. The molecular weight excluding hydrogens is 228 g/mol. The van der Waals surface area contributed by atoms with Crippen molar-refractivity contribution in [3.8, 4) is 17.2 Å². The first kappa shape index (κ1) is 7.31. The quantitative estimate of drug-likeness (QED) is 0.813. The van der Waals surface area contributed by atoms with Gasteiger partial charge in [0.2, 0.25) is 0 Å². The second-order valence-electron chi connectivity index (χ2n) is 4.25. The predicted octanol–water partition coefficient (Wildman–Crippen LogP) is 2.82. The van der Waals surface area contributed by atoms with Crippen LogP contribution in [0, 0.1) is 0 Å². The maximum absolute atomic E-state index is 9.62. The summed E-state index contributed by atoms with van der Waals surface area (Å²) in [4.78, 5) is 0. The van der Waals surface area contributed by atoms with Crippen LogP contribution in [-0.4, -0.2) is 16.8 Å². The molecule has 0 bridgehead atoms. The topological polar surface area (TPSA) is 49.7 Å². The van der Waals surface area contributed by atoms with Crippen molar-refractivity contribution < 1.29 is 20.4 Å². The van der Waals surface area contributed by atoms with Gasteiger partial charge in [-0.05, 0) is 35.7 Å². The summed E-state index contributed by atoms with van der Waals surface area (Å²) >= 11 is 0. The lowest BCUT2D eigenvalue weighted by Crippen LogP contribution is -2.18. The second-order valence-corrected chi connectivity index (χ2v) is 4.25. The fraction of sp³-hybridized carbons (Fsp3) is 0.200. The van der Waals surface area contributed by atoms with Crippen molar-refractivity contribution in [3.63, 3.8) is 0 Å². The number of aromatic hydroxyl groups is 2. The van der Waals surface area contributed by atoms with E-state index in [9.17, 15) is 10.2 Å². The van der Waals surface area contributed by atoms with E-state index in [2.05, 4.69) is 0 Å². The molecule has 3 heteroatoms. The van der Waals surface area contributed by atoms with Gasteiger partial charge < -0.3 is 14.9 Å². The first-order valence-electron chi connectivity index (χ1n) is 7.63. The minimum absolute atomic E-state index is 0.110. The summed E-state index contributed by atoms with van der Waals surface area (Å²) in [5.41, 5.74) is 1.35. The van der Waals surface area contributed by atoms with Crippen molar-refractivity contribution in [3.05, 3.63) is 53.5 Å². The highest BCUT2D eigenvalue weighted by Crippen LogP contribution is 2.34. The Hall–Kier alpha value is -2.16. The lowest BCUT2D eigenvalue weighted by Gasteiger charge is -2.25. The molecule has 1 heterocycles. The summed E-state index contributed by atoms with van der Waals surface area (Å²) in [7, 11) is 0. The number of fused-ring (bicyclic) bond motifs is 1. The Morgan fingerprint density at radius 1 is 1.11 bits per heavy atom. The zero-order valence-electron chi connectivity index (χ0n) is 13.5. The van der Waals surface area contributed by atoms with Crippen LogP contribution in [0.15, 0.2) is 42.4 Å². The summed E-state index contributed by atoms with van der Waals surface area (Å²) in [6.07, 6.45) is 0.483. The molecule has 1 unspecified atom stereocenters. The van der Waals surface area contributed by atoms with Gasteiger partial charge in [-0.2, -0.15) is 0 Å². The van der Waals surface area contributed by atoms with Gasteiger partial charge in [-0.1, -0.05) is 18.2 Å². The molecule has 92 valence electrons. The van der Waals surface area contributed by atoms with E-state index in [-0.39, 0.29) is 48.2 Å². The molecule has 0 radical (unpaired) electrons. The van der Waals surface area contributed by atoms with Gasteiger partial charge in [-0.15, -0.1) is 0 Å². The molecule has 1 aliphatic rings. The molecule has 1 atom stereocenters. The summed E-state index contributed by atoms with van der Waals surface area (Å²) in [6.45, 7) is 0.249. The van der Waals surface area contributed by atoms with Crippen molar-refractivity contribution in [2.75, 3.05) is 6.61 Å². The molecule has 0 saturated heterocycles. The largest absolute Gasteiger partial charge is 0.508 e. The molecule has 3 nitrogen and oxygen atoms in total. The summed E-state index contributed by atoms with van der Waals surface area (Å²) in [6, 6.07) is 3.93. The molecule has 0 fully saturated rings. The van der Waals surface area contributed by atoms with Crippen molar-refractivity contribution >= 4 is 0 Å². The highest BCUT2D eigenvalue weighted by molar-refractivity contribution is 5.43. The Morgan fingerprint density at radius 3 is 2.61 bits per heavy atom. The van der Waals surface area contributed by atoms with Crippen LogP contribution in [0.4, 0.5) is 0 Å². The van der Waals surface area contributed by atoms with Crippen LogP contribution in [0.2, 0.25) is 0 Å². The van der Waals surface area contributed by atoms with E-state index in [0.717, 1.165) is 0 Å². The lowest BCUT2D eigenvalue weighted by molar-refractivity contribution is 0.261. The molecule has 0 aromatic heterocycles. The molecular formula is C15H14O3. The zero-order valence-corrected chi connectivity index (χ0v) is 9.53. The molecule has 1 aliphatic heterocycles. The SMILES string of the molecule is [2H]c1cc(C2COc3c(cc([2H])c(O)c3[2H])C2)cc([2H])c1O. The van der Waals surface area contributed by atoms with Crippen LogP contribution in [0.3, 0.4) is 0 Å². The van der Waals surface area contributed by atoms with Crippen LogP contribution in [0.25, 0.3) is 0 Å². The molecule has 18 heavy (non-hydrogen) atoms. The molecule has 0 spiro atoms. The maximum atomic E-state index is 9.62. The Bertz CT molecular complexity index is 738. The van der Waals surface area contributed by atoms with Crippen LogP contribution in [0.5, 0.6) is 17.2 Å². The van der Waals surface area contributed by atoms with Gasteiger partial charge in [0.25, 0.3) is 0 Å². The summed E-state index contributed by atoms with van der Waals surface area (Å²) in [5, 5.41) is 19.1. The Kier molecular flexibility index (Phi) is 1.73. The van der Waals surface area contributed by atoms with Gasteiger partial charge in [0.05, 0.1) is 12.1 Å². The number of benzene rings is 2. The molecule has 2 aromatic rings. The standard InChI is InChI=1S/C15H14O3/c16-13-4-1-10(2-5-13)12-7-11-3-6-14(17)8-15(11)18-9-12/h1-6,8,12,16-17H,7,9H2/i4D,5D,6D,8D. The number of hydrogen-bond acceptors (Lipinski definition) is 3. The first-order valence-corrected chi connectivity index (χ1v) is 5.63. The highest BCUT2D eigenvalue weighted by atomic mass is 16.5. The van der Waals surface area contributed by atoms with Crippen molar-refractivity contribution in [1.29, 1.82) is 0 Å². The van der Waals surface area contributed by atoms with Crippen LogP contribution >= 0.6 is 0 Å². The molecule has 0 amide bonds. The second kappa shape index (κ2) is 4.26. The van der Waals surface area contributed by atoms with Gasteiger partial charge in [0.15, 0.2) is 0 Å². The Balaban J connectivity index is 1.98. The molecule has 0 aliphatic carbocycles. The number of hydrogen-bond donors (Lipinski definition) is 2. The van der Waals surface area contributed by atoms with E-state index in [1.54, 1.807) is 0 Å². The highest BCUT2D eigenvalue weighted by Gasteiger charge is 2.21. The lowest BCUT2D eigenvalue weighted by atomic mass is 9.90. The monoisotopic (exact) mass is 246 g/mol. The smallest absolute Gasteiger partial charge is 0.126 e. The van der Waals surface area contributed by atoms with E-state index >= 15 is 0 Å². The zero-order chi connectivity index (χ0) is 16.0. The molecule has 0 saturated carbocycles. The fourth-order valence-electron chi connectivity index (χ4n) is 2.07. The summed E-state index contributed by atoms with van der Waals surface area (Å²) < 4.78 is 36.3. The minimum atomic E-state index is -0.399. The van der Waals surface area contributed by atoms with Crippen molar-refractivity contribution in [1.82, 2.24) is 0 Å². The fourth-order valence-corrected chi connectivity index (χ4v) is 2.07. The van der Waals surface area contributed by atoms with Gasteiger partial charge in [-0.3, -0.25) is 0 Å². The molecule has 3 rings (SSSR count). The van der Waals surface area contributed by atoms with E-state index < -0.39 is 5.75 Å². The van der Waals surface area contributed by atoms with Crippen LogP contribution in [0.1, 0.15) is 22.5 Å². The average Bonchev–Trinajstić information content (AvgIpc) is 2.49. The number of phenols is 2. The summed E-state index contributed by atoms with van der Waals surface area (Å²) in [5.74, 6) is -0.609. The number of phenolic OH excluding ortho intramolecular Hbond substituents is 2. The molecule has 2 aromatic carbocycles. The Morgan fingerprint density at radius 2 is 1.83 bits per heavy atom. The van der Waals surface area contributed by atoms with Gasteiger partial charge in [0.1, 0.15) is 17.2 Å². The van der Waals surface area contributed by atoms with Gasteiger partial charge >= 0.3 is 0 Å². The normalized spacial score (nSPS) is 21.0. The van der Waals surface area contributed by atoms with E-state index in [1.165, 1.54) is 18.2 Å². The maximum Gasteiger partial charge on any atom is 0.126 e. The first-order chi connectivity index (χ1) is 10.4. The van der Waals surface area contributed by atoms with E-state index in [1.807, 2.05) is 0 Å². The van der Waals surface area contributed by atoms with Crippen molar-refractivity contribution in [2.24, 2.45) is 0 Å². The number of rotatable bonds is 1. The number of ether oxygens (including phenoxy) is 1. The van der Waals surface area contributed by atoms with Crippen LogP contribution < -0.4 is 4.74 Å². The third-order valence-electron chi connectivity index (χ3n) is 3.02. The average molecular weight is 246 g/mol. The minimum Gasteiger partial charge on any atom is -0.508 e. The van der Waals surface area contributed by atoms with Crippen LogP contribution in [-0.2, 0) is 6.42 Å². The Labute approximate surface area is 111 Å².